The number of aromatic amines is 1. The van der Waals surface area contributed by atoms with Gasteiger partial charge in [-0.3, -0.25) is 14.7 Å². The number of halogens is 2. The first-order chi connectivity index (χ1) is 12.6. The third-order valence-corrected chi connectivity index (χ3v) is 4.53. The number of nitrogens with one attached hydrogen (secondary N) is 1. The molecule has 0 atom stereocenters. The summed E-state index contributed by atoms with van der Waals surface area (Å²) in [7, 11) is 0. The Kier molecular flexibility index (Phi) is 4.30. The van der Waals surface area contributed by atoms with Gasteiger partial charge in [-0.15, -0.1) is 0 Å². The Morgan fingerprint density at radius 3 is 2.69 bits per heavy atom. The minimum absolute atomic E-state index is 0.0207. The minimum atomic E-state index is -0.574. The van der Waals surface area contributed by atoms with Crippen molar-refractivity contribution in [1.82, 2.24) is 19.9 Å². The summed E-state index contributed by atoms with van der Waals surface area (Å²) in [4.78, 5) is 25.7. The van der Waals surface area contributed by atoms with E-state index in [4.69, 9.17) is 0 Å². The molecular weight excluding hydrogens is 338 g/mol. The van der Waals surface area contributed by atoms with E-state index in [1.807, 2.05) is 11.0 Å². The second kappa shape index (κ2) is 6.76. The number of H-pyrrole nitrogens is 1. The standard InChI is InChI=1S/C19H16F2N4O/c20-15-4-1-5-16(21)13(15)10-25-8-6-17-14(11-25)19(26)24-18(23-17)12-3-2-7-22-9-12/h1-5,7,9H,6,8,10-11H2,(H,23,24,26). The Bertz CT molecular complexity index is 984. The fraction of sp³-hybridized carbons (Fsp3) is 0.211. The van der Waals surface area contributed by atoms with Gasteiger partial charge in [-0.05, 0) is 24.3 Å². The zero-order chi connectivity index (χ0) is 18.1. The monoisotopic (exact) mass is 354 g/mol. The number of hydrogen-bond acceptors (Lipinski definition) is 4. The molecule has 0 radical (unpaired) electrons. The van der Waals surface area contributed by atoms with Crippen LogP contribution in [0.2, 0.25) is 0 Å². The zero-order valence-corrected chi connectivity index (χ0v) is 13.9. The maximum absolute atomic E-state index is 13.9. The van der Waals surface area contributed by atoms with Crippen molar-refractivity contribution in [2.45, 2.75) is 19.5 Å². The highest BCUT2D eigenvalue weighted by Gasteiger charge is 2.23. The van der Waals surface area contributed by atoms with Gasteiger partial charge in [-0.25, -0.2) is 13.8 Å². The second-order valence-corrected chi connectivity index (χ2v) is 6.24. The quantitative estimate of drug-likeness (QED) is 0.786. The molecule has 26 heavy (non-hydrogen) atoms. The SMILES string of the molecule is O=c1[nH]c(-c2cccnc2)nc2c1CN(Cc1c(F)cccc1F)CC2. The number of nitrogens with zero attached hydrogens (tertiary/aromatic N) is 3. The molecule has 1 N–H and O–H groups in total. The summed E-state index contributed by atoms with van der Waals surface area (Å²) in [6.45, 7) is 0.990. The number of benzene rings is 1. The fourth-order valence-electron chi connectivity index (χ4n) is 3.16. The van der Waals surface area contributed by atoms with E-state index < -0.39 is 11.6 Å². The number of pyridine rings is 1. The molecule has 7 heteroatoms. The minimum Gasteiger partial charge on any atom is -0.306 e. The van der Waals surface area contributed by atoms with Crippen LogP contribution in [0.15, 0.2) is 47.5 Å². The van der Waals surface area contributed by atoms with E-state index in [1.54, 1.807) is 18.5 Å². The molecule has 1 aliphatic heterocycles. The molecule has 0 spiro atoms. The fourth-order valence-corrected chi connectivity index (χ4v) is 3.16. The van der Waals surface area contributed by atoms with Gasteiger partial charge in [-0.2, -0.15) is 0 Å². The van der Waals surface area contributed by atoms with Crippen molar-refractivity contribution in [2.24, 2.45) is 0 Å². The number of aromatic nitrogens is 3. The molecule has 132 valence electrons. The smallest absolute Gasteiger partial charge is 0.255 e. The summed E-state index contributed by atoms with van der Waals surface area (Å²) in [6, 6.07) is 7.43. The van der Waals surface area contributed by atoms with Gasteiger partial charge in [0.25, 0.3) is 5.56 Å². The van der Waals surface area contributed by atoms with E-state index in [-0.39, 0.29) is 17.7 Å². The van der Waals surface area contributed by atoms with Crippen molar-refractivity contribution in [3.63, 3.8) is 0 Å². The molecule has 0 fully saturated rings. The molecule has 0 unspecified atom stereocenters. The Morgan fingerprint density at radius 2 is 1.96 bits per heavy atom. The lowest BCUT2D eigenvalue weighted by molar-refractivity contribution is 0.235. The van der Waals surface area contributed by atoms with Crippen LogP contribution in [-0.4, -0.2) is 26.4 Å². The molecule has 0 amide bonds. The Labute approximate surface area is 148 Å². The number of hydrogen-bond donors (Lipinski definition) is 1. The first-order valence-corrected chi connectivity index (χ1v) is 8.29. The van der Waals surface area contributed by atoms with Crippen LogP contribution in [0.25, 0.3) is 11.4 Å². The number of rotatable bonds is 3. The largest absolute Gasteiger partial charge is 0.306 e. The summed E-state index contributed by atoms with van der Waals surface area (Å²) in [6.07, 6.45) is 3.84. The van der Waals surface area contributed by atoms with Crippen LogP contribution in [0, 0.1) is 11.6 Å². The number of fused-ring (bicyclic) bond motifs is 1. The molecule has 5 nitrogen and oxygen atoms in total. The van der Waals surface area contributed by atoms with Crippen LogP contribution >= 0.6 is 0 Å². The molecule has 4 rings (SSSR count). The van der Waals surface area contributed by atoms with Crippen molar-refractivity contribution in [3.05, 3.63) is 81.5 Å². The predicted molar refractivity (Wildman–Crippen MR) is 92.3 cm³/mol. The predicted octanol–water partition coefficient (Wildman–Crippen LogP) is 2.67. The van der Waals surface area contributed by atoms with Crippen LogP contribution in [0.4, 0.5) is 8.78 Å². The van der Waals surface area contributed by atoms with E-state index in [9.17, 15) is 13.6 Å². The summed E-state index contributed by atoms with van der Waals surface area (Å²) in [5.41, 5.74) is 1.79. The lowest BCUT2D eigenvalue weighted by atomic mass is 10.1. The van der Waals surface area contributed by atoms with Gasteiger partial charge in [0.15, 0.2) is 0 Å². The molecule has 0 saturated carbocycles. The molecular formula is C19H16F2N4O. The summed E-state index contributed by atoms with van der Waals surface area (Å²) in [5.74, 6) is -0.667. The molecule has 3 aromatic rings. The van der Waals surface area contributed by atoms with Gasteiger partial charge in [-0.1, -0.05) is 6.07 Å². The summed E-state index contributed by atoms with van der Waals surface area (Å²) >= 11 is 0. The Balaban J connectivity index is 1.61. The van der Waals surface area contributed by atoms with E-state index in [0.717, 1.165) is 11.3 Å². The maximum Gasteiger partial charge on any atom is 0.255 e. The van der Waals surface area contributed by atoms with Crippen molar-refractivity contribution < 1.29 is 8.78 Å². The van der Waals surface area contributed by atoms with Crippen molar-refractivity contribution in [2.75, 3.05) is 6.54 Å². The molecule has 1 aromatic carbocycles. The topological polar surface area (TPSA) is 61.9 Å². The van der Waals surface area contributed by atoms with Gasteiger partial charge >= 0.3 is 0 Å². The average molecular weight is 354 g/mol. The normalized spacial score (nSPS) is 14.2. The third kappa shape index (κ3) is 3.13. The van der Waals surface area contributed by atoms with Gasteiger partial charge in [0.05, 0.1) is 11.3 Å². The summed E-state index contributed by atoms with van der Waals surface area (Å²) in [5, 5.41) is 0. The van der Waals surface area contributed by atoms with Crippen LogP contribution in [0.3, 0.4) is 0 Å². The lowest BCUT2D eigenvalue weighted by Gasteiger charge is -2.28. The highest BCUT2D eigenvalue weighted by atomic mass is 19.1. The molecule has 0 aliphatic carbocycles. The highest BCUT2D eigenvalue weighted by Crippen LogP contribution is 2.21. The molecule has 0 bridgehead atoms. The van der Waals surface area contributed by atoms with E-state index >= 15 is 0 Å². The van der Waals surface area contributed by atoms with E-state index in [0.29, 0.717) is 30.9 Å². The van der Waals surface area contributed by atoms with Crippen LogP contribution in [0.1, 0.15) is 16.8 Å². The van der Waals surface area contributed by atoms with E-state index in [2.05, 4.69) is 15.0 Å². The van der Waals surface area contributed by atoms with Gasteiger partial charge in [0, 0.05) is 49.6 Å². The maximum atomic E-state index is 13.9. The molecule has 3 heterocycles. The lowest BCUT2D eigenvalue weighted by Crippen LogP contribution is -2.35. The molecule has 2 aromatic heterocycles. The highest BCUT2D eigenvalue weighted by molar-refractivity contribution is 5.53. The zero-order valence-electron chi connectivity index (χ0n) is 13.9. The second-order valence-electron chi connectivity index (χ2n) is 6.24. The first-order valence-electron chi connectivity index (χ1n) is 8.29. The Hall–Kier alpha value is -2.93. The van der Waals surface area contributed by atoms with Crippen LogP contribution in [-0.2, 0) is 19.5 Å². The van der Waals surface area contributed by atoms with Gasteiger partial charge in [0.2, 0.25) is 0 Å². The molecule has 1 aliphatic rings. The molecule has 0 saturated heterocycles. The van der Waals surface area contributed by atoms with E-state index in [1.165, 1.54) is 18.2 Å². The van der Waals surface area contributed by atoms with Crippen molar-refractivity contribution >= 4 is 0 Å². The van der Waals surface area contributed by atoms with Crippen molar-refractivity contribution in [1.29, 1.82) is 0 Å². The Morgan fingerprint density at radius 1 is 1.15 bits per heavy atom. The van der Waals surface area contributed by atoms with Crippen LogP contribution in [0.5, 0.6) is 0 Å². The average Bonchev–Trinajstić information content (AvgIpc) is 2.66. The van der Waals surface area contributed by atoms with Crippen molar-refractivity contribution in [3.8, 4) is 11.4 Å². The van der Waals surface area contributed by atoms with Gasteiger partial charge < -0.3 is 4.98 Å². The first kappa shape index (κ1) is 16.5. The summed E-state index contributed by atoms with van der Waals surface area (Å²) < 4.78 is 27.7. The van der Waals surface area contributed by atoms with Gasteiger partial charge in [0.1, 0.15) is 17.5 Å². The van der Waals surface area contributed by atoms with Crippen LogP contribution < -0.4 is 5.56 Å². The third-order valence-electron chi connectivity index (χ3n) is 4.53.